The Morgan fingerprint density at radius 3 is 1.76 bits per heavy atom. The first kappa shape index (κ1) is 31.8. The lowest BCUT2D eigenvalue weighted by atomic mass is 9.86. The number of para-hydroxylation sites is 1. The lowest BCUT2D eigenvalue weighted by molar-refractivity contribution is -0.389. The Morgan fingerprint density at radius 2 is 1.32 bits per heavy atom. The largest absolute Gasteiger partial charge is 0.435 e. The maximum atomic E-state index is 15.2. The topological polar surface area (TPSA) is 55.1 Å². The average Bonchev–Trinajstić information content (AvgIpc) is 2.75. The van der Waals surface area contributed by atoms with Crippen LogP contribution in [-0.2, 0) is 0 Å². The van der Waals surface area contributed by atoms with Gasteiger partial charge in [-0.15, -0.1) is 15.5 Å². The maximum Gasteiger partial charge on any atom is 0.435 e. The molecule has 0 aromatic heterocycles. The van der Waals surface area contributed by atoms with E-state index in [4.69, 9.17) is 5.73 Å². The van der Waals surface area contributed by atoms with Crippen LogP contribution in [0.25, 0.3) is 0 Å². The van der Waals surface area contributed by atoms with Gasteiger partial charge in [0.1, 0.15) is 4.90 Å². The van der Waals surface area contributed by atoms with Gasteiger partial charge in [0.2, 0.25) is 9.84 Å². The highest BCUT2D eigenvalue weighted by Crippen LogP contribution is 3.09. The van der Waals surface area contributed by atoms with Crippen molar-refractivity contribution in [3.8, 4) is 0 Å². The number of halogens is 15. The van der Waals surface area contributed by atoms with E-state index in [0.29, 0.717) is 6.07 Å². The fourth-order valence-corrected chi connectivity index (χ4v) is 6.22. The molecule has 216 valence electrons. The molecule has 1 amide bonds. The average molecular weight is 663 g/mol. The van der Waals surface area contributed by atoms with Crippen molar-refractivity contribution < 1.29 is 64.2 Å². The number of rotatable bonds is 7. The van der Waals surface area contributed by atoms with Crippen LogP contribution >= 0.6 is 25.8 Å². The van der Waals surface area contributed by atoms with Crippen molar-refractivity contribution in [2.45, 2.75) is 33.8 Å². The first-order valence-corrected chi connectivity index (χ1v) is 12.6. The van der Waals surface area contributed by atoms with Gasteiger partial charge in [0.05, 0.1) is 5.69 Å². The van der Waals surface area contributed by atoms with Crippen LogP contribution in [0.5, 0.6) is 0 Å². The molecule has 1 atom stereocenters. The Hall–Kier alpha value is -2.44. The molecule has 0 radical (unpaired) electrons. The second-order valence-electron chi connectivity index (χ2n) is 7.75. The third-order valence-corrected chi connectivity index (χ3v) is 8.58. The summed E-state index contributed by atoms with van der Waals surface area (Å²) in [5.41, 5.74) is -12.6. The van der Waals surface area contributed by atoms with Gasteiger partial charge in [0.25, 0.3) is 11.6 Å². The molecule has 3 nitrogen and oxygen atoms in total. The zero-order chi connectivity index (χ0) is 29.9. The summed E-state index contributed by atoms with van der Waals surface area (Å²) >= 11 is 1.31. The van der Waals surface area contributed by atoms with Crippen molar-refractivity contribution in [2.24, 2.45) is 0 Å². The van der Waals surface area contributed by atoms with E-state index in [-0.39, 0.29) is 17.8 Å². The Kier molecular flexibility index (Phi) is 7.13. The van der Waals surface area contributed by atoms with Crippen LogP contribution in [0.2, 0.25) is 0 Å². The number of hydrogen-bond donors (Lipinski definition) is 2. The summed E-state index contributed by atoms with van der Waals surface area (Å²) in [4.78, 5) is 8.97. The number of benzene rings is 2. The molecular weight excluding hydrogens is 650 g/mol. The lowest BCUT2D eigenvalue weighted by Gasteiger charge is -2.59. The molecule has 38 heavy (non-hydrogen) atoms. The molecule has 0 heterocycles. The van der Waals surface area contributed by atoms with Crippen molar-refractivity contribution in [1.82, 2.24) is 0 Å². The molecule has 2 aromatic rings. The molecule has 0 aliphatic carbocycles. The monoisotopic (exact) mass is 662 g/mol. The van der Waals surface area contributed by atoms with Crippen molar-refractivity contribution in [3.05, 3.63) is 54.1 Å². The van der Waals surface area contributed by atoms with Crippen molar-refractivity contribution in [1.29, 1.82) is 0 Å². The summed E-state index contributed by atoms with van der Waals surface area (Å²) in [5.74, 6) is -1.58. The van der Waals surface area contributed by atoms with Gasteiger partial charge in [-0.1, -0.05) is 34.1 Å². The fraction of sp³-hybridized carbons (Fsp3) is 0.316. The Bertz CT molecular complexity index is 1230. The molecule has 0 saturated carbocycles. The minimum Gasteiger partial charge on any atom is -0.399 e. The zero-order valence-electron chi connectivity index (χ0n) is 17.9. The second-order valence-corrected chi connectivity index (χ2v) is 11.4. The molecule has 0 bridgehead atoms. The summed E-state index contributed by atoms with van der Waals surface area (Å²) in [6.45, 7) is 0. The van der Waals surface area contributed by atoms with E-state index in [0.717, 1.165) is 18.2 Å². The molecule has 0 fully saturated rings. The number of anilines is 2. The van der Waals surface area contributed by atoms with Gasteiger partial charge >= 0.3 is 23.3 Å². The normalized spacial score (nSPS) is 17.2. The van der Waals surface area contributed by atoms with E-state index in [2.05, 4.69) is 0 Å². The molecule has 2 aromatic carbocycles. The van der Waals surface area contributed by atoms with Crippen LogP contribution < -0.4 is 11.1 Å². The quantitative estimate of drug-likeness (QED) is 0.177. The van der Waals surface area contributed by atoms with Gasteiger partial charge < -0.3 is 11.1 Å². The van der Waals surface area contributed by atoms with Crippen molar-refractivity contribution >= 4 is 43.0 Å². The number of carbonyl (C=O) groups is 1. The summed E-state index contributed by atoms with van der Waals surface area (Å²) in [7, 11) is -12.2. The van der Waals surface area contributed by atoms with Crippen molar-refractivity contribution in [2.75, 3.05) is 16.4 Å². The number of nitrogens with one attached hydrogen (secondary N) is 1. The van der Waals surface area contributed by atoms with E-state index in [1.807, 2.05) is 0 Å². The van der Waals surface area contributed by atoms with Gasteiger partial charge in [-0.05, 0) is 30.3 Å². The minimum atomic E-state index is -12.2. The molecule has 19 heteroatoms. The van der Waals surface area contributed by atoms with Gasteiger partial charge in [0.15, 0.2) is 0 Å². The van der Waals surface area contributed by atoms with Gasteiger partial charge in [0, 0.05) is 16.6 Å². The van der Waals surface area contributed by atoms with E-state index >= 15 is 19.9 Å². The summed E-state index contributed by atoms with van der Waals surface area (Å²) in [6.07, 6.45) is -15.6. The fourth-order valence-electron chi connectivity index (χ4n) is 3.25. The molecule has 0 saturated heterocycles. The second kappa shape index (κ2) is 8.53. The summed E-state index contributed by atoms with van der Waals surface area (Å²) < 4.78 is 199. The number of nitrogen functional groups attached to an aromatic ring is 1. The molecule has 2 rings (SSSR count). The number of alkyl halides is 11. The zero-order valence-corrected chi connectivity index (χ0v) is 20.3. The Balaban J connectivity index is 2.90. The summed E-state index contributed by atoms with van der Waals surface area (Å²) in [6, 6.07) is 4.30. The van der Waals surface area contributed by atoms with Crippen LogP contribution in [0.15, 0.2) is 53.4 Å². The molecule has 0 aliphatic rings. The predicted octanol–water partition coefficient (Wildman–Crippen LogP) is 8.82. The number of nitrogens with two attached hydrogens (primary N) is 1. The minimum absolute atomic E-state index is 0.0954. The number of hydrogen-bond acceptors (Lipinski definition) is 2. The lowest BCUT2D eigenvalue weighted by Crippen LogP contribution is -2.74. The van der Waals surface area contributed by atoms with Crippen LogP contribution in [0.3, 0.4) is 0 Å². The van der Waals surface area contributed by atoms with Crippen LogP contribution in [0.4, 0.5) is 70.8 Å². The van der Waals surface area contributed by atoms with Crippen molar-refractivity contribution in [3.63, 3.8) is 0 Å². The first-order chi connectivity index (χ1) is 16.7. The van der Waals surface area contributed by atoms with Gasteiger partial charge in [-0.3, -0.25) is 4.79 Å². The van der Waals surface area contributed by atoms with Gasteiger partial charge in [-0.2, -0.15) is 35.1 Å². The molecule has 0 aliphatic heterocycles. The van der Waals surface area contributed by atoms with E-state index in [1.54, 1.807) is 0 Å². The molecule has 1 unspecified atom stereocenters. The Labute approximate surface area is 211 Å². The number of carbonyl (C=O) groups excluding carboxylic acids is 1. The van der Waals surface area contributed by atoms with E-state index < -0.39 is 72.2 Å². The van der Waals surface area contributed by atoms with Crippen LogP contribution in [0, 0.1) is 0 Å². The van der Waals surface area contributed by atoms with Crippen LogP contribution in [-0.4, -0.2) is 40.2 Å². The Morgan fingerprint density at radius 1 is 0.816 bits per heavy atom. The summed E-state index contributed by atoms with van der Waals surface area (Å²) in [5, 5.41) is -10.3. The third-order valence-electron chi connectivity index (χ3n) is 5.22. The smallest absolute Gasteiger partial charge is 0.399 e. The molecule has 0 spiro atoms. The highest BCUT2D eigenvalue weighted by Gasteiger charge is 2.98. The highest BCUT2D eigenvalue weighted by atomic mass is 79.9. The van der Waals surface area contributed by atoms with Gasteiger partial charge in [-0.25, -0.2) is 8.78 Å². The predicted molar refractivity (Wildman–Crippen MR) is 114 cm³/mol. The standard InChI is InChI=1S/C19H13BrF14N2OS/c20-9-15(21,16(22,17(23,24)25)18(26,27)28)19(29,30)38(31,32,33,34)13-7-2-1-6-12(13)36-14(37)10-4-3-5-11(35)8-10/h1-8H,9,35H2,(H,36,37). The SMILES string of the molecule is Nc1cccc(C(=O)Nc2ccccc2S(F)(F)(F)(F)C(F)(F)C(F)(CBr)C(F)(C(F)(F)F)C(F)(F)F)c1. The third kappa shape index (κ3) is 4.34. The van der Waals surface area contributed by atoms with E-state index in [1.165, 1.54) is 27.3 Å². The highest BCUT2D eigenvalue weighted by molar-refractivity contribution is 9.09. The maximum absolute atomic E-state index is 15.2. The first-order valence-electron chi connectivity index (χ1n) is 9.43. The van der Waals surface area contributed by atoms with Crippen LogP contribution in [0.1, 0.15) is 10.4 Å². The molecule has 3 N–H and O–H groups in total. The van der Waals surface area contributed by atoms with E-state index in [9.17, 15) is 44.3 Å². The molecular formula is C19H13BrF14N2OS. The number of amides is 1.